The van der Waals surface area contributed by atoms with Crippen molar-refractivity contribution < 1.29 is 9.59 Å². The van der Waals surface area contributed by atoms with Crippen LogP contribution in [0.2, 0.25) is 0 Å². The zero-order valence-corrected chi connectivity index (χ0v) is 12.4. The number of hydrogen-bond donors (Lipinski definition) is 3. The van der Waals surface area contributed by atoms with Crippen molar-refractivity contribution in [3.8, 4) is 0 Å². The molecule has 5 nitrogen and oxygen atoms in total. The molecule has 4 N–H and O–H groups in total. The van der Waals surface area contributed by atoms with Crippen LogP contribution in [-0.2, 0) is 4.79 Å². The molecule has 0 aliphatic rings. The van der Waals surface area contributed by atoms with Gasteiger partial charge in [0.2, 0.25) is 5.91 Å². The minimum atomic E-state index is -0.164. The molecule has 0 aromatic heterocycles. The van der Waals surface area contributed by atoms with Gasteiger partial charge >= 0.3 is 0 Å². The zero-order chi connectivity index (χ0) is 14.3. The first kappa shape index (κ1) is 15.7. The summed E-state index contributed by atoms with van der Waals surface area (Å²) in [6, 6.07) is 6.96. The number of carbonyl (C=O) groups is 2. The lowest BCUT2D eigenvalue weighted by Crippen LogP contribution is -2.36. The van der Waals surface area contributed by atoms with Crippen molar-refractivity contribution >= 4 is 27.7 Å². The fourth-order valence-electron chi connectivity index (χ4n) is 1.47. The van der Waals surface area contributed by atoms with Crippen LogP contribution in [0.4, 0.5) is 0 Å². The van der Waals surface area contributed by atoms with Crippen molar-refractivity contribution in [3.63, 3.8) is 0 Å². The Morgan fingerprint density at radius 2 is 2.00 bits per heavy atom. The molecule has 0 saturated carbocycles. The van der Waals surface area contributed by atoms with Gasteiger partial charge in [0.15, 0.2) is 0 Å². The standard InChI is InChI=1S/C13H18BrN3O2/c1-9(15)7-12(18)16-5-6-17-13(19)10-3-2-4-11(14)8-10/h2-4,8-9H,5-7,15H2,1H3,(H,16,18)(H,17,19). The second-order valence-corrected chi connectivity index (χ2v) is 5.21. The van der Waals surface area contributed by atoms with Crippen LogP contribution in [0.5, 0.6) is 0 Å². The van der Waals surface area contributed by atoms with Crippen LogP contribution in [0, 0.1) is 0 Å². The zero-order valence-electron chi connectivity index (χ0n) is 10.8. The maximum absolute atomic E-state index is 11.8. The van der Waals surface area contributed by atoms with E-state index in [1.807, 2.05) is 6.07 Å². The third-order valence-corrected chi connectivity index (χ3v) is 2.82. The second-order valence-electron chi connectivity index (χ2n) is 4.30. The SMILES string of the molecule is CC(N)CC(=O)NCCNC(=O)c1cccc(Br)c1. The topological polar surface area (TPSA) is 84.2 Å². The molecule has 104 valence electrons. The van der Waals surface area contributed by atoms with Crippen molar-refractivity contribution in [1.29, 1.82) is 0 Å². The second kappa shape index (κ2) is 7.91. The number of halogens is 1. The van der Waals surface area contributed by atoms with Gasteiger partial charge in [-0.05, 0) is 25.1 Å². The molecule has 0 bridgehead atoms. The van der Waals surface area contributed by atoms with Crippen LogP contribution >= 0.6 is 15.9 Å². The van der Waals surface area contributed by atoms with Gasteiger partial charge in [-0.3, -0.25) is 9.59 Å². The van der Waals surface area contributed by atoms with Gasteiger partial charge in [-0.2, -0.15) is 0 Å². The van der Waals surface area contributed by atoms with E-state index in [1.54, 1.807) is 25.1 Å². The molecule has 1 unspecified atom stereocenters. The van der Waals surface area contributed by atoms with Gasteiger partial charge in [-0.1, -0.05) is 22.0 Å². The van der Waals surface area contributed by atoms with E-state index in [4.69, 9.17) is 5.73 Å². The third kappa shape index (κ3) is 6.35. The highest BCUT2D eigenvalue weighted by molar-refractivity contribution is 9.10. The highest BCUT2D eigenvalue weighted by Crippen LogP contribution is 2.11. The van der Waals surface area contributed by atoms with Crippen molar-refractivity contribution in [1.82, 2.24) is 10.6 Å². The lowest BCUT2D eigenvalue weighted by atomic mass is 10.2. The monoisotopic (exact) mass is 327 g/mol. The number of nitrogens with two attached hydrogens (primary N) is 1. The summed E-state index contributed by atoms with van der Waals surface area (Å²) < 4.78 is 0.852. The van der Waals surface area contributed by atoms with E-state index >= 15 is 0 Å². The number of nitrogens with one attached hydrogen (secondary N) is 2. The summed E-state index contributed by atoms with van der Waals surface area (Å²) in [5, 5.41) is 5.42. The van der Waals surface area contributed by atoms with E-state index in [0.29, 0.717) is 25.1 Å². The van der Waals surface area contributed by atoms with Crippen LogP contribution in [0.25, 0.3) is 0 Å². The minimum absolute atomic E-state index is 0.105. The molecule has 1 rings (SSSR count). The van der Waals surface area contributed by atoms with Gasteiger partial charge in [-0.15, -0.1) is 0 Å². The number of hydrogen-bond acceptors (Lipinski definition) is 3. The number of carbonyl (C=O) groups excluding carboxylic acids is 2. The van der Waals surface area contributed by atoms with Crippen molar-refractivity contribution in [2.75, 3.05) is 13.1 Å². The molecule has 0 aliphatic carbocycles. The average Bonchev–Trinajstić information content (AvgIpc) is 2.33. The smallest absolute Gasteiger partial charge is 0.251 e. The molecule has 0 spiro atoms. The summed E-state index contributed by atoms with van der Waals surface area (Å²) in [5.41, 5.74) is 6.08. The summed E-state index contributed by atoms with van der Waals surface area (Å²) >= 11 is 3.31. The molecule has 0 radical (unpaired) electrons. The maximum Gasteiger partial charge on any atom is 0.251 e. The van der Waals surface area contributed by atoms with Gasteiger partial charge in [0.25, 0.3) is 5.91 Å². The highest BCUT2D eigenvalue weighted by atomic mass is 79.9. The van der Waals surface area contributed by atoms with E-state index in [1.165, 1.54) is 0 Å². The first-order valence-electron chi connectivity index (χ1n) is 6.05. The van der Waals surface area contributed by atoms with Gasteiger partial charge in [0.1, 0.15) is 0 Å². The molecular formula is C13H18BrN3O2. The van der Waals surface area contributed by atoms with Gasteiger partial charge < -0.3 is 16.4 Å². The quantitative estimate of drug-likeness (QED) is 0.682. The molecule has 0 aliphatic heterocycles. The first-order valence-corrected chi connectivity index (χ1v) is 6.84. The molecule has 19 heavy (non-hydrogen) atoms. The van der Waals surface area contributed by atoms with Crippen LogP contribution in [0.1, 0.15) is 23.7 Å². The Balaban J connectivity index is 2.26. The summed E-state index contributed by atoms with van der Waals surface area (Å²) in [4.78, 5) is 23.1. The largest absolute Gasteiger partial charge is 0.354 e. The first-order chi connectivity index (χ1) is 8.99. The van der Waals surface area contributed by atoms with Crippen molar-refractivity contribution in [3.05, 3.63) is 34.3 Å². The van der Waals surface area contributed by atoms with Crippen molar-refractivity contribution in [2.24, 2.45) is 5.73 Å². The minimum Gasteiger partial charge on any atom is -0.354 e. The van der Waals surface area contributed by atoms with Gasteiger partial charge in [-0.25, -0.2) is 0 Å². The molecule has 1 atom stereocenters. The molecule has 0 saturated heterocycles. The van der Waals surface area contributed by atoms with Crippen molar-refractivity contribution in [2.45, 2.75) is 19.4 Å². The Hall–Kier alpha value is -1.40. The van der Waals surface area contributed by atoms with E-state index < -0.39 is 0 Å². The van der Waals surface area contributed by atoms with Crippen LogP contribution < -0.4 is 16.4 Å². The molecule has 1 aromatic rings. The number of benzene rings is 1. The Kier molecular flexibility index (Phi) is 6.52. The third-order valence-electron chi connectivity index (χ3n) is 2.33. The van der Waals surface area contributed by atoms with E-state index in [-0.39, 0.29) is 17.9 Å². The van der Waals surface area contributed by atoms with E-state index in [0.717, 1.165) is 4.47 Å². The van der Waals surface area contributed by atoms with Gasteiger partial charge in [0, 0.05) is 35.6 Å². The molecule has 6 heteroatoms. The molecular weight excluding hydrogens is 310 g/mol. The Morgan fingerprint density at radius 3 is 2.63 bits per heavy atom. The van der Waals surface area contributed by atoms with Crippen LogP contribution in [-0.4, -0.2) is 30.9 Å². The Bertz CT molecular complexity index is 449. The maximum atomic E-state index is 11.8. The summed E-state index contributed by atoms with van der Waals surface area (Å²) in [5.74, 6) is -0.269. The number of amides is 2. The summed E-state index contributed by atoms with van der Waals surface area (Å²) in [6.45, 7) is 2.55. The van der Waals surface area contributed by atoms with Crippen LogP contribution in [0.15, 0.2) is 28.7 Å². The molecule has 2 amide bonds. The van der Waals surface area contributed by atoms with Crippen LogP contribution in [0.3, 0.4) is 0 Å². The lowest BCUT2D eigenvalue weighted by molar-refractivity contribution is -0.121. The predicted octanol–water partition coefficient (Wildman–Crippen LogP) is 1.03. The fourth-order valence-corrected chi connectivity index (χ4v) is 1.87. The molecule has 1 aromatic carbocycles. The van der Waals surface area contributed by atoms with Gasteiger partial charge in [0.05, 0.1) is 0 Å². The van der Waals surface area contributed by atoms with E-state index in [2.05, 4.69) is 26.6 Å². The average molecular weight is 328 g/mol. The lowest BCUT2D eigenvalue weighted by Gasteiger charge is -2.08. The highest BCUT2D eigenvalue weighted by Gasteiger charge is 2.06. The Labute approximate surface area is 121 Å². The molecule has 0 fully saturated rings. The normalized spacial score (nSPS) is 11.7. The molecule has 0 heterocycles. The Morgan fingerprint density at radius 1 is 1.32 bits per heavy atom. The fraction of sp³-hybridized carbons (Fsp3) is 0.385. The predicted molar refractivity (Wildman–Crippen MR) is 77.8 cm³/mol. The summed E-state index contributed by atoms with van der Waals surface area (Å²) in [7, 11) is 0. The summed E-state index contributed by atoms with van der Waals surface area (Å²) in [6.07, 6.45) is 0.291. The number of rotatable bonds is 6. The van der Waals surface area contributed by atoms with E-state index in [9.17, 15) is 9.59 Å².